The second-order valence-electron chi connectivity index (χ2n) is 7.81. The van der Waals surface area contributed by atoms with Crippen LogP contribution in [0.5, 0.6) is 0 Å². The Morgan fingerprint density at radius 2 is 1.89 bits per heavy atom. The summed E-state index contributed by atoms with van der Waals surface area (Å²) >= 11 is 1.20. The van der Waals surface area contributed by atoms with Crippen LogP contribution in [-0.4, -0.2) is 21.7 Å². The minimum Gasteiger partial charge on any atom is -0.332 e. The highest BCUT2D eigenvalue weighted by Gasteiger charge is 2.30. The number of carbonyl (C=O) groups excluding carboxylic acids is 1. The van der Waals surface area contributed by atoms with Gasteiger partial charge in [-0.25, -0.2) is 10.4 Å². The second kappa shape index (κ2) is 10.1. The third-order valence-electron chi connectivity index (χ3n) is 5.21. The van der Waals surface area contributed by atoms with Gasteiger partial charge < -0.3 is 9.88 Å². The summed E-state index contributed by atoms with van der Waals surface area (Å²) in [4.78, 5) is 16.6. The summed E-state index contributed by atoms with van der Waals surface area (Å²) in [6, 6.07) is 16.8. The quantitative estimate of drug-likeness (QED) is 0.243. The van der Waals surface area contributed by atoms with E-state index in [4.69, 9.17) is 0 Å². The lowest BCUT2D eigenvalue weighted by Gasteiger charge is -2.09. The van der Waals surface area contributed by atoms with Crippen LogP contribution in [0.2, 0.25) is 0 Å². The minimum atomic E-state index is -4.42. The van der Waals surface area contributed by atoms with Crippen LogP contribution in [0, 0.1) is 13.8 Å². The molecule has 0 aliphatic rings. The van der Waals surface area contributed by atoms with Gasteiger partial charge in [0.2, 0.25) is 5.91 Å². The van der Waals surface area contributed by atoms with E-state index in [9.17, 15) is 18.0 Å². The van der Waals surface area contributed by atoms with Crippen molar-refractivity contribution in [3.05, 3.63) is 94.3 Å². The maximum Gasteiger partial charge on any atom is 0.416 e. The predicted octanol–water partition coefficient (Wildman–Crippen LogP) is 6.01. The van der Waals surface area contributed by atoms with Crippen LogP contribution in [0.15, 0.2) is 71.1 Å². The number of aryl methyl sites for hydroxylation is 1. The van der Waals surface area contributed by atoms with E-state index in [2.05, 4.69) is 25.4 Å². The average Bonchev–Trinajstić information content (AvgIpc) is 3.36. The van der Waals surface area contributed by atoms with Crippen molar-refractivity contribution in [2.75, 3.05) is 5.32 Å². The summed E-state index contributed by atoms with van der Waals surface area (Å²) < 4.78 is 40.8. The molecule has 0 unspecified atom stereocenters. The van der Waals surface area contributed by atoms with Crippen LogP contribution in [0.1, 0.15) is 28.2 Å². The first kappa shape index (κ1) is 24.2. The molecule has 180 valence electrons. The Morgan fingerprint density at radius 3 is 2.63 bits per heavy atom. The molecule has 6 nitrogen and oxygen atoms in total. The number of amides is 1. The van der Waals surface area contributed by atoms with Crippen molar-refractivity contribution < 1.29 is 18.0 Å². The Bertz CT molecular complexity index is 1360. The lowest BCUT2D eigenvalue weighted by molar-refractivity contribution is -0.137. The SMILES string of the molecule is Cc1cc(/C=N\NC(=O)Cc2csc(Nc3cccc(C(F)(F)F)c3)n2)c(C)n1-c1ccccc1. The molecule has 35 heavy (non-hydrogen) atoms. The standard InChI is InChI=1S/C25H22F3N5OS/c1-16-11-18(17(2)33(16)22-9-4-3-5-10-22)14-29-32-23(34)13-21-15-35-24(31-21)30-20-8-6-7-19(12-20)25(26,27)28/h3-12,14-15H,13H2,1-2H3,(H,30,31)(H,32,34)/b29-14-. The van der Waals surface area contributed by atoms with Gasteiger partial charge in [0.25, 0.3) is 0 Å². The van der Waals surface area contributed by atoms with Crippen LogP contribution in [-0.2, 0) is 17.4 Å². The fourth-order valence-corrected chi connectivity index (χ4v) is 4.34. The van der Waals surface area contributed by atoms with Crippen LogP contribution >= 0.6 is 11.3 Å². The van der Waals surface area contributed by atoms with E-state index in [0.29, 0.717) is 10.8 Å². The van der Waals surface area contributed by atoms with Crippen molar-refractivity contribution in [1.29, 1.82) is 0 Å². The largest absolute Gasteiger partial charge is 0.416 e. The predicted molar refractivity (Wildman–Crippen MR) is 132 cm³/mol. The number of alkyl halides is 3. The molecule has 0 saturated carbocycles. The molecule has 0 aliphatic heterocycles. The fourth-order valence-electron chi connectivity index (χ4n) is 3.61. The molecule has 4 aromatic rings. The first-order valence-electron chi connectivity index (χ1n) is 10.7. The normalized spacial score (nSPS) is 11.7. The highest BCUT2D eigenvalue weighted by molar-refractivity contribution is 7.13. The molecule has 0 spiro atoms. The summed E-state index contributed by atoms with van der Waals surface area (Å²) in [5.74, 6) is -0.353. The number of hydrogen-bond donors (Lipinski definition) is 2. The van der Waals surface area contributed by atoms with Crippen molar-refractivity contribution in [3.63, 3.8) is 0 Å². The molecule has 2 aromatic heterocycles. The van der Waals surface area contributed by atoms with Crippen LogP contribution < -0.4 is 10.7 Å². The number of hydrogen-bond acceptors (Lipinski definition) is 5. The topological polar surface area (TPSA) is 71.3 Å². The summed E-state index contributed by atoms with van der Waals surface area (Å²) in [5.41, 5.74) is 6.47. The molecule has 2 heterocycles. The number of aromatic nitrogens is 2. The van der Waals surface area contributed by atoms with Crippen LogP contribution in [0.3, 0.4) is 0 Å². The number of anilines is 2. The Balaban J connectivity index is 1.35. The molecule has 1 amide bonds. The van der Waals surface area contributed by atoms with Gasteiger partial charge >= 0.3 is 6.18 Å². The summed E-state index contributed by atoms with van der Waals surface area (Å²) in [5, 5.41) is 8.98. The van der Waals surface area contributed by atoms with Gasteiger partial charge in [-0.3, -0.25) is 4.79 Å². The molecule has 0 atom stereocenters. The number of hydrazone groups is 1. The molecule has 0 aliphatic carbocycles. The molecule has 0 fully saturated rings. The van der Waals surface area contributed by atoms with Crippen molar-refractivity contribution in [2.24, 2.45) is 5.10 Å². The zero-order valence-corrected chi connectivity index (χ0v) is 19.7. The van der Waals surface area contributed by atoms with Gasteiger partial charge in [0.15, 0.2) is 5.13 Å². The lowest BCUT2D eigenvalue weighted by Crippen LogP contribution is -2.20. The third-order valence-corrected chi connectivity index (χ3v) is 6.02. The Hall–Kier alpha value is -3.92. The maximum atomic E-state index is 12.9. The Labute approximate surface area is 204 Å². The van der Waals surface area contributed by atoms with Crippen molar-refractivity contribution >= 4 is 34.3 Å². The summed E-state index contributed by atoms with van der Waals surface area (Å²) in [7, 11) is 0. The number of benzene rings is 2. The van der Waals surface area contributed by atoms with E-state index >= 15 is 0 Å². The highest BCUT2D eigenvalue weighted by Crippen LogP contribution is 2.31. The van der Waals surface area contributed by atoms with Gasteiger partial charge in [0, 0.05) is 33.7 Å². The zero-order valence-electron chi connectivity index (χ0n) is 18.9. The molecule has 10 heteroatoms. The Morgan fingerprint density at radius 1 is 1.11 bits per heavy atom. The molecule has 0 radical (unpaired) electrons. The number of carbonyl (C=O) groups is 1. The van der Waals surface area contributed by atoms with Crippen molar-refractivity contribution in [2.45, 2.75) is 26.4 Å². The molecule has 4 rings (SSSR count). The molecular weight excluding hydrogens is 475 g/mol. The van der Waals surface area contributed by atoms with Gasteiger partial charge in [-0.1, -0.05) is 24.3 Å². The van der Waals surface area contributed by atoms with Crippen molar-refractivity contribution in [3.8, 4) is 5.69 Å². The van der Waals surface area contributed by atoms with E-state index in [1.165, 1.54) is 23.5 Å². The van der Waals surface area contributed by atoms with Crippen LogP contribution in [0.25, 0.3) is 5.69 Å². The monoisotopic (exact) mass is 497 g/mol. The molecular formula is C25H22F3N5OS. The van der Waals surface area contributed by atoms with Gasteiger partial charge in [0.1, 0.15) is 0 Å². The minimum absolute atomic E-state index is 0.0128. The first-order chi connectivity index (χ1) is 16.7. The Kier molecular flexibility index (Phi) is 7.02. The number of para-hydroxylation sites is 1. The summed E-state index contributed by atoms with van der Waals surface area (Å²) in [6.07, 6.45) is -2.84. The van der Waals surface area contributed by atoms with Gasteiger partial charge in [-0.15, -0.1) is 11.3 Å². The van der Waals surface area contributed by atoms with E-state index < -0.39 is 11.7 Å². The van der Waals surface area contributed by atoms with E-state index in [0.717, 1.165) is 34.8 Å². The zero-order chi connectivity index (χ0) is 25.0. The smallest absolute Gasteiger partial charge is 0.332 e. The number of halogens is 3. The highest BCUT2D eigenvalue weighted by atomic mass is 32.1. The van der Waals surface area contributed by atoms with E-state index in [-0.39, 0.29) is 18.0 Å². The maximum absolute atomic E-state index is 12.9. The molecule has 2 N–H and O–H groups in total. The average molecular weight is 498 g/mol. The van der Waals surface area contributed by atoms with Gasteiger partial charge in [0.05, 0.1) is 23.9 Å². The number of thiazole rings is 1. The number of nitrogens with zero attached hydrogens (tertiary/aromatic N) is 3. The lowest BCUT2D eigenvalue weighted by atomic mass is 10.2. The number of rotatable bonds is 7. The molecule has 0 saturated heterocycles. The fraction of sp³-hybridized carbons (Fsp3) is 0.160. The summed E-state index contributed by atoms with van der Waals surface area (Å²) in [6.45, 7) is 3.99. The number of nitrogens with one attached hydrogen (secondary N) is 2. The first-order valence-corrected chi connectivity index (χ1v) is 11.5. The van der Waals surface area contributed by atoms with Gasteiger partial charge in [-0.2, -0.15) is 18.3 Å². The van der Waals surface area contributed by atoms with E-state index in [1.54, 1.807) is 11.6 Å². The third kappa shape index (κ3) is 5.96. The molecule has 0 bridgehead atoms. The van der Waals surface area contributed by atoms with Crippen LogP contribution in [0.4, 0.5) is 24.0 Å². The van der Waals surface area contributed by atoms with Gasteiger partial charge in [-0.05, 0) is 50.2 Å². The van der Waals surface area contributed by atoms with Crippen molar-refractivity contribution in [1.82, 2.24) is 15.0 Å². The van der Waals surface area contributed by atoms with E-state index in [1.807, 2.05) is 50.2 Å². The molecule has 2 aromatic carbocycles. The second-order valence-corrected chi connectivity index (χ2v) is 8.67.